The van der Waals surface area contributed by atoms with Gasteiger partial charge in [-0.15, -0.1) is 0 Å². The van der Waals surface area contributed by atoms with Crippen LogP contribution in [-0.2, 0) is 14.3 Å². The Balaban J connectivity index is 0.00000144. The summed E-state index contributed by atoms with van der Waals surface area (Å²) in [5, 5.41) is 8.26. The standard InChI is InChI=1S/C7H8O4S.Na.H/c8-6-11-12(9,10)7-4-2-1-3-5-7;;/h1-5,8H,6H2;;. The summed E-state index contributed by atoms with van der Waals surface area (Å²) in [4.78, 5) is 0.0408. The van der Waals surface area contributed by atoms with Gasteiger partial charge in [0.05, 0.1) is 4.90 Å². The van der Waals surface area contributed by atoms with Crippen molar-refractivity contribution in [3.05, 3.63) is 30.3 Å². The van der Waals surface area contributed by atoms with Gasteiger partial charge in [-0.3, -0.25) is 0 Å². The van der Waals surface area contributed by atoms with Crippen molar-refractivity contribution in [2.75, 3.05) is 6.79 Å². The Morgan fingerprint density at radius 3 is 2.23 bits per heavy atom. The Labute approximate surface area is 99.0 Å². The van der Waals surface area contributed by atoms with Gasteiger partial charge >= 0.3 is 29.6 Å². The Morgan fingerprint density at radius 2 is 1.77 bits per heavy atom. The zero-order chi connectivity index (χ0) is 9.03. The maximum absolute atomic E-state index is 11.0. The third kappa shape index (κ3) is 3.76. The van der Waals surface area contributed by atoms with Crippen LogP contribution in [0.15, 0.2) is 35.2 Å². The van der Waals surface area contributed by atoms with Crippen molar-refractivity contribution in [2.45, 2.75) is 4.90 Å². The van der Waals surface area contributed by atoms with E-state index >= 15 is 0 Å². The maximum atomic E-state index is 11.0. The van der Waals surface area contributed by atoms with Crippen LogP contribution in [0, 0.1) is 0 Å². The van der Waals surface area contributed by atoms with E-state index < -0.39 is 16.9 Å². The fraction of sp³-hybridized carbons (Fsp3) is 0.143. The third-order valence-corrected chi connectivity index (χ3v) is 2.50. The minimum atomic E-state index is -3.76. The number of aliphatic hydroxyl groups excluding tert-OH is 1. The molecule has 0 fully saturated rings. The molecule has 0 heterocycles. The first-order valence-corrected chi connectivity index (χ1v) is 4.63. The second kappa shape index (κ2) is 5.74. The van der Waals surface area contributed by atoms with Crippen LogP contribution in [0.1, 0.15) is 0 Å². The second-order valence-electron chi connectivity index (χ2n) is 2.01. The molecular weight excluding hydrogens is 203 g/mol. The van der Waals surface area contributed by atoms with Crippen LogP contribution in [0.25, 0.3) is 0 Å². The Hall–Kier alpha value is 0.0900. The van der Waals surface area contributed by atoms with Gasteiger partial charge in [0.2, 0.25) is 0 Å². The fourth-order valence-electron chi connectivity index (χ4n) is 0.725. The number of rotatable bonds is 3. The van der Waals surface area contributed by atoms with E-state index in [1.54, 1.807) is 18.2 Å². The zero-order valence-electron chi connectivity index (χ0n) is 6.17. The molecule has 0 bridgehead atoms. The normalized spacial score (nSPS) is 10.5. The molecule has 0 aliphatic heterocycles. The number of aliphatic hydroxyl groups is 1. The molecule has 0 radical (unpaired) electrons. The van der Waals surface area contributed by atoms with Crippen LogP contribution >= 0.6 is 0 Å². The van der Waals surface area contributed by atoms with Crippen LogP contribution in [-0.4, -0.2) is 49.9 Å². The monoisotopic (exact) mass is 212 g/mol. The number of hydrogen-bond acceptors (Lipinski definition) is 4. The summed E-state index contributed by atoms with van der Waals surface area (Å²) in [6.45, 7) is -0.836. The first kappa shape index (κ1) is 13.1. The summed E-state index contributed by atoms with van der Waals surface area (Å²) >= 11 is 0. The van der Waals surface area contributed by atoms with Gasteiger partial charge in [0.15, 0.2) is 6.79 Å². The minimum absolute atomic E-state index is 0. The summed E-state index contributed by atoms with van der Waals surface area (Å²) < 4.78 is 26.2. The predicted octanol–water partition coefficient (Wildman–Crippen LogP) is -0.307. The molecule has 0 unspecified atom stereocenters. The zero-order valence-corrected chi connectivity index (χ0v) is 6.99. The molecule has 0 atom stereocenters. The average molecular weight is 212 g/mol. The molecule has 1 N–H and O–H groups in total. The van der Waals surface area contributed by atoms with Gasteiger partial charge in [0.1, 0.15) is 0 Å². The van der Waals surface area contributed by atoms with Gasteiger partial charge in [0, 0.05) is 0 Å². The SMILES string of the molecule is O=S(=O)(OCO)c1ccccc1.[NaH]. The summed E-state index contributed by atoms with van der Waals surface area (Å²) in [5.74, 6) is 0. The molecule has 13 heavy (non-hydrogen) atoms. The van der Waals surface area contributed by atoms with Crippen molar-refractivity contribution >= 4 is 39.7 Å². The molecule has 4 nitrogen and oxygen atoms in total. The van der Waals surface area contributed by atoms with Crippen LogP contribution in [0.2, 0.25) is 0 Å². The molecule has 1 rings (SSSR count). The summed E-state index contributed by atoms with van der Waals surface area (Å²) in [5.41, 5.74) is 0. The van der Waals surface area contributed by atoms with Crippen LogP contribution in [0.3, 0.4) is 0 Å². The van der Waals surface area contributed by atoms with E-state index in [1.165, 1.54) is 12.1 Å². The van der Waals surface area contributed by atoms with Crippen molar-refractivity contribution < 1.29 is 17.7 Å². The van der Waals surface area contributed by atoms with E-state index in [-0.39, 0.29) is 34.5 Å². The van der Waals surface area contributed by atoms with E-state index in [0.29, 0.717) is 0 Å². The predicted molar refractivity (Wildman–Crippen MR) is 48.9 cm³/mol. The molecule has 1 aromatic carbocycles. The third-order valence-electron chi connectivity index (χ3n) is 1.24. The van der Waals surface area contributed by atoms with E-state index in [1.807, 2.05) is 0 Å². The first-order valence-electron chi connectivity index (χ1n) is 3.22. The molecule has 0 saturated carbocycles. The average Bonchev–Trinajstić information content (AvgIpc) is 2.06. The van der Waals surface area contributed by atoms with E-state index in [9.17, 15) is 8.42 Å². The first-order chi connectivity index (χ1) is 5.67. The molecule has 68 valence electrons. The molecule has 6 heteroatoms. The number of hydrogen-bond donors (Lipinski definition) is 1. The molecule has 0 spiro atoms. The summed E-state index contributed by atoms with van der Waals surface area (Å²) in [7, 11) is -3.76. The molecule has 0 saturated heterocycles. The Bertz CT molecular complexity index is 335. The van der Waals surface area contributed by atoms with Crippen LogP contribution in [0.4, 0.5) is 0 Å². The molecule has 0 aliphatic carbocycles. The van der Waals surface area contributed by atoms with Gasteiger partial charge in [-0.1, -0.05) is 18.2 Å². The second-order valence-corrected chi connectivity index (χ2v) is 3.63. The number of benzene rings is 1. The van der Waals surface area contributed by atoms with Crippen molar-refractivity contribution in [1.82, 2.24) is 0 Å². The van der Waals surface area contributed by atoms with Crippen LogP contribution in [0.5, 0.6) is 0 Å². The van der Waals surface area contributed by atoms with Crippen molar-refractivity contribution in [2.24, 2.45) is 0 Å². The van der Waals surface area contributed by atoms with Gasteiger partial charge in [-0.25, -0.2) is 4.18 Å². The van der Waals surface area contributed by atoms with Crippen molar-refractivity contribution in [3.8, 4) is 0 Å². The Morgan fingerprint density at radius 1 is 1.23 bits per heavy atom. The van der Waals surface area contributed by atoms with Crippen molar-refractivity contribution in [1.29, 1.82) is 0 Å². The summed E-state index contributed by atoms with van der Waals surface area (Å²) in [6.07, 6.45) is 0. The topological polar surface area (TPSA) is 63.6 Å². The molecular formula is C7H9NaO4S. The Kier molecular flexibility index (Phi) is 5.78. The van der Waals surface area contributed by atoms with E-state index in [0.717, 1.165) is 0 Å². The molecule has 0 aliphatic rings. The summed E-state index contributed by atoms with van der Waals surface area (Å²) in [6, 6.07) is 7.63. The van der Waals surface area contributed by atoms with Crippen LogP contribution < -0.4 is 0 Å². The molecule has 0 amide bonds. The van der Waals surface area contributed by atoms with Gasteiger partial charge in [0.25, 0.3) is 10.1 Å². The molecule has 0 aromatic heterocycles. The van der Waals surface area contributed by atoms with E-state index in [2.05, 4.69) is 4.18 Å². The fourth-order valence-corrected chi connectivity index (χ4v) is 1.49. The van der Waals surface area contributed by atoms with Gasteiger partial charge in [-0.05, 0) is 12.1 Å². The van der Waals surface area contributed by atoms with Gasteiger partial charge in [-0.2, -0.15) is 8.42 Å². The van der Waals surface area contributed by atoms with E-state index in [4.69, 9.17) is 5.11 Å². The van der Waals surface area contributed by atoms with Gasteiger partial charge < -0.3 is 5.11 Å². The van der Waals surface area contributed by atoms with Crippen molar-refractivity contribution in [3.63, 3.8) is 0 Å². The quantitative estimate of drug-likeness (QED) is 0.424. The molecule has 1 aromatic rings.